The van der Waals surface area contributed by atoms with E-state index in [9.17, 15) is 4.79 Å². The molecule has 0 spiro atoms. The molecule has 16 heavy (non-hydrogen) atoms. The zero-order valence-electron chi connectivity index (χ0n) is 9.77. The van der Waals surface area contributed by atoms with Crippen molar-refractivity contribution in [3.8, 4) is 0 Å². The summed E-state index contributed by atoms with van der Waals surface area (Å²) in [6.07, 6.45) is 3.35. The molecule has 1 rings (SSSR count). The zero-order chi connectivity index (χ0) is 12.1. The van der Waals surface area contributed by atoms with Crippen molar-refractivity contribution < 1.29 is 4.79 Å². The molecular weight excluding hydrogens is 222 g/mol. The van der Waals surface area contributed by atoms with E-state index in [4.69, 9.17) is 0 Å². The molecule has 5 heteroatoms. The Morgan fingerprint density at radius 1 is 1.44 bits per heavy atom. The van der Waals surface area contributed by atoms with Crippen LogP contribution < -0.4 is 5.32 Å². The van der Waals surface area contributed by atoms with Crippen molar-refractivity contribution in [2.24, 2.45) is 5.92 Å². The molecule has 0 radical (unpaired) electrons. The van der Waals surface area contributed by atoms with E-state index in [0.717, 1.165) is 11.4 Å². The average molecular weight is 239 g/mol. The largest absolute Gasteiger partial charge is 0.349 e. The Kier molecular flexibility index (Phi) is 4.73. The number of hydrogen-bond donors (Lipinski definition) is 2. The maximum absolute atomic E-state index is 11.6. The van der Waals surface area contributed by atoms with Gasteiger partial charge in [-0.15, -0.1) is 0 Å². The molecule has 0 saturated heterocycles. The van der Waals surface area contributed by atoms with Crippen LogP contribution in [-0.2, 0) is 11.3 Å². The van der Waals surface area contributed by atoms with Crippen molar-refractivity contribution in [2.45, 2.75) is 32.6 Å². The van der Waals surface area contributed by atoms with Crippen LogP contribution >= 0.6 is 12.6 Å². The molecule has 0 saturated carbocycles. The summed E-state index contributed by atoms with van der Waals surface area (Å²) in [6.45, 7) is 6.19. The topological polar surface area (TPSA) is 54.9 Å². The van der Waals surface area contributed by atoms with Gasteiger partial charge in [-0.1, -0.05) is 13.8 Å². The normalized spacial score (nSPS) is 12.6. The number of carbonyl (C=O) groups excluding carboxylic acids is 1. The summed E-state index contributed by atoms with van der Waals surface area (Å²) < 4.78 is 0. The highest BCUT2D eigenvalue weighted by molar-refractivity contribution is 7.81. The highest BCUT2D eigenvalue weighted by atomic mass is 32.1. The number of amides is 1. The molecule has 1 N–H and O–H groups in total. The van der Waals surface area contributed by atoms with Gasteiger partial charge in [-0.2, -0.15) is 12.6 Å². The second-order valence-electron chi connectivity index (χ2n) is 4.06. The minimum absolute atomic E-state index is 0.0688. The van der Waals surface area contributed by atoms with Crippen LogP contribution in [-0.4, -0.2) is 21.1 Å². The molecule has 0 bridgehead atoms. The molecule has 1 unspecified atom stereocenters. The van der Waals surface area contributed by atoms with Crippen molar-refractivity contribution in [1.82, 2.24) is 15.3 Å². The smallest absolute Gasteiger partial charge is 0.233 e. The Labute approximate surface area is 101 Å². The Hall–Kier alpha value is -1.10. The van der Waals surface area contributed by atoms with Crippen LogP contribution in [0.3, 0.4) is 0 Å². The summed E-state index contributed by atoms with van der Waals surface area (Å²) in [5.41, 5.74) is 1.62. The average Bonchev–Trinajstić information content (AvgIpc) is 2.26. The van der Waals surface area contributed by atoms with Crippen molar-refractivity contribution in [3.63, 3.8) is 0 Å². The van der Waals surface area contributed by atoms with E-state index in [-0.39, 0.29) is 17.1 Å². The second-order valence-corrected chi connectivity index (χ2v) is 4.61. The van der Waals surface area contributed by atoms with Gasteiger partial charge in [0.1, 0.15) is 0 Å². The third-order valence-corrected chi connectivity index (χ3v) is 3.01. The van der Waals surface area contributed by atoms with E-state index >= 15 is 0 Å². The molecule has 88 valence electrons. The molecular formula is C11H17N3OS. The van der Waals surface area contributed by atoms with Gasteiger partial charge in [0.15, 0.2) is 0 Å². The van der Waals surface area contributed by atoms with Gasteiger partial charge in [-0.3, -0.25) is 14.8 Å². The molecule has 0 aliphatic heterocycles. The highest BCUT2D eigenvalue weighted by Crippen LogP contribution is 2.08. The number of rotatable bonds is 4. The fourth-order valence-electron chi connectivity index (χ4n) is 1.10. The SMILES string of the molecule is Cc1cnc(CNC(=O)C(S)C(C)C)cn1. The van der Waals surface area contributed by atoms with Gasteiger partial charge in [-0.25, -0.2) is 0 Å². The third kappa shape index (κ3) is 3.81. The minimum atomic E-state index is -0.279. The standard InChI is InChI=1S/C11H17N3OS/c1-7(2)10(16)11(15)14-6-9-5-12-8(3)4-13-9/h4-5,7,10,16H,6H2,1-3H3,(H,14,15). The lowest BCUT2D eigenvalue weighted by molar-refractivity contribution is -0.121. The van der Waals surface area contributed by atoms with Crippen molar-refractivity contribution in [2.75, 3.05) is 0 Å². The quantitative estimate of drug-likeness (QED) is 0.780. The molecule has 0 aliphatic rings. The summed E-state index contributed by atoms with van der Waals surface area (Å²) in [7, 11) is 0. The fourth-order valence-corrected chi connectivity index (χ4v) is 1.19. The van der Waals surface area contributed by atoms with Crippen LogP contribution in [0.4, 0.5) is 0 Å². The molecule has 0 aromatic carbocycles. The predicted molar refractivity (Wildman–Crippen MR) is 66.2 cm³/mol. The first-order valence-corrected chi connectivity index (χ1v) is 5.75. The van der Waals surface area contributed by atoms with Crippen molar-refractivity contribution in [1.29, 1.82) is 0 Å². The summed E-state index contributed by atoms with van der Waals surface area (Å²) >= 11 is 4.23. The van der Waals surface area contributed by atoms with Gasteiger partial charge in [0.2, 0.25) is 5.91 Å². The Balaban J connectivity index is 2.46. The van der Waals surface area contributed by atoms with Crippen molar-refractivity contribution in [3.05, 3.63) is 23.8 Å². The summed E-state index contributed by atoms with van der Waals surface area (Å²) in [5.74, 6) is 0.146. The van der Waals surface area contributed by atoms with E-state index < -0.39 is 0 Å². The lowest BCUT2D eigenvalue weighted by Crippen LogP contribution is -2.34. The molecule has 1 aromatic heterocycles. The van der Waals surface area contributed by atoms with Crippen LogP contribution in [0, 0.1) is 12.8 Å². The van der Waals surface area contributed by atoms with E-state index in [2.05, 4.69) is 27.9 Å². The Bertz CT molecular complexity index is 351. The Morgan fingerprint density at radius 3 is 2.62 bits per heavy atom. The van der Waals surface area contributed by atoms with Crippen LogP contribution in [0.5, 0.6) is 0 Å². The zero-order valence-corrected chi connectivity index (χ0v) is 10.7. The van der Waals surface area contributed by atoms with Gasteiger partial charge in [0.25, 0.3) is 0 Å². The molecule has 0 fully saturated rings. The van der Waals surface area contributed by atoms with Crippen LogP contribution in [0.1, 0.15) is 25.2 Å². The van der Waals surface area contributed by atoms with Crippen molar-refractivity contribution >= 4 is 18.5 Å². The maximum Gasteiger partial charge on any atom is 0.233 e. The fraction of sp³-hybridized carbons (Fsp3) is 0.545. The summed E-state index contributed by atoms with van der Waals surface area (Å²) in [6, 6.07) is 0. The first-order chi connectivity index (χ1) is 7.50. The van der Waals surface area contributed by atoms with Crippen LogP contribution in [0.15, 0.2) is 12.4 Å². The monoisotopic (exact) mass is 239 g/mol. The predicted octanol–water partition coefficient (Wildman–Crippen LogP) is 1.36. The van der Waals surface area contributed by atoms with Gasteiger partial charge >= 0.3 is 0 Å². The Morgan fingerprint density at radius 2 is 2.12 bits per heavy atom. The molecule has 1 amide bonds. The molecule has 4 nitrogen and oxygen atoms in total. The first kappa shape index (κ1) is 13.0. The lowest BCUT2D eigenvalue weighted by Gasteiger charge is -2.14. The number of nitrogens with one attached hydrogen (secondary N) is 1. The highest BCUT2D eigenvalue weighted by Gasteiger charge is 2.17. The number of nitrogens with zero attached hydrogens (tertiary/aromatic N) is 2. The van der Waals surface area contributed by atoms with Gasteiger partial charge in [-0.05, 0) is 12.8 Å². The summed E-state index contributed by atoms with van der Waals surface area (Å²) in [5, 5.41) is 2.50. The van der Waals surface area contributed by atoms with E-state index in [1.807, 2.05) is 20.8 Å². The van der Waals surface area contributed by atoms with Crippen LogP contribution in [0.25, 0.3) is 0 Å². The van der Waals surface area contributed by atoms with E-state index in [0.29, 0.717) is 6.54 Å². The van der Waals surface area contributed by atoms with Gasteiger partial charge in [0.05, 0.1) is 29.4 Å². The van der Waals surface area contributed by atoms with Gasteiger partial charge < -0.3 is 5.32 Å². The number of thiol groups is 1. The van der Waals surface area contributed by atoms with Crippen LogP contribution in [0.2, 0.25) is 0 Å². The lowest BCUT2D eigenvalue weighted by atomic mass is 10.1. The summed E-state index contributed by atoms with van der Waals surface area (Å²) in [4.78, 5) is 19.8. The van der Waals surface area contributed by atoms with Gasteiger partial charge in [0, 0.05) is 6.20 Å². The molecule has 1 atom stereocenters. The number of carbonyl (C=O) groups is 1. The van der Waals surface area contributed by atoms with E-state index in [1.54, 1.807) is 12.4 Å². The maximum atomic E-state index is 11.6. The number of aromatic nitrogens is 2. The third-order valence-electron chi connectivity index (χ3n) is 2.18. The molecule has 1 heterocycles. The van der Waals surface area contributed by atoms with E-state index in [1.165, 1.54) is 0 Å². The second kappa shape index (κ2) is 5.84. The molecule has 1 aromatic rings. The molecule has 0 aliphatic carbocycles. The number of aryl methyl sites for hydroxylation is 1. The first-order valence-electron chi connectivity index (χ1n) is 5.24. The minimum Gasteiger partial charge on any atom is -0.349 e. The number of hydrogen-bond acceptors (Lipinski definition) is 4.